The second kappa shape index (κ2) is 6.92. The maximum Gasteiger partial charge on any atom is 0.227 e. The molecule has 1 amide bonds. The van der Waals surface area contributed by atoms with Gasteiger partial charge in [0.2, 0.25) is 5.91 Å². The minimum absolute atomic E-state index is 0. The Bertz CT molecular complexity index is 483. The Hall–Kier alpha value is -0.580. The lowest BCUT2D eigenvalue weighted by molar-refractivity contribution is -0.132. The Morgan fingerprint density at radius 2 is 2.25 bits per heavy atom. The summed E-state index contributed by atoms with van der Waals surface area (Å²) in [6.07, 6.45) is 2.84. The number of carbonyl (C=O) groups is 1. The first-order valence-electron chi connectivity index (χ1n) is 6.98. The molecule has 0 aliphatic carbocycles. The first-order chi connectivity index (χ1) is 9.22. The van der Waals surface area contributed by atoms with Crippen molar-refractivity contribution in [2.45, 2.75) is 25.3 Å². The topological polar surface area (TPSA) is 32.3 Å². The number of hydrogen-bond donors (Lipinski definition) is 1. The fraction of sp³-hybridized carbons (Fsp3) is 0.533. The normalized spacial score (nSPS) is 24.9. The van der Waals surface area contributed by atoms with Crippen LogP contribution in [0.4, 0.5) is 0 Å². The van der Waals surface area contributed by atoms with E-state index in [1.807, 2.05) is 24.3 Å². The van der Waals surface area contributed by atoms with Gasteiger partial charge in [-0.3, -0.25) is 4.79 Å². The lowest BCUT2D eigenvalue weighted by Gasteiger charge is -2.35. The van der Waals surface area contributed by atoms with Gasteiger partial charge in [-0.05, 0) is 43.0 Å². The zero-order valence-electron chi connectivity index (χ0n) is 11.3. The molecular weight excluding hydrogens is 340 g/mol. The Morgan fingerprint density at radius 1 is 1.40 bits per heavy atom. The first-order valence-corrected chi connectivity index (χ1v) is 7.77. The Morgan fingerprint density at radius 3 is 3.05 bits per heavy atom. The zero-order valence-corrected chi connectivity index (χ0v) is 13.8. The monoisotopic (exact) mass is 358 g/mol. The van der Waals surface area contributed by atoms with Gasteiger partial charge in [-0.15, -0.1) is 12.4 Å². The summed E-state index contributed by atoms with van der Waals surface area (Å²) in [4.78, 5) is 14.4. The third kappa shape index (κ3) is 3.54. The van der Waals surface area contributed by atoms with Gasteiger partial charge < -0.3 is 10.2 Å². The molecule has 3 nitrogen and oxygen atoms in total. The molecule has 2 aliphatic heterocycles. The maximum absolute atomic E-state index is 12.4. The van der Waals surface area contributed by atoms with Crippen LogP contribution in [-0.4, -0.2) is 36.5 Å². The van der Waals surface area contributed by atoms with E-state index in [1.54, 1.807) is 0 Å². The Labute approximate surface area is 134 Å². The van der Waals surface area contributed by atoms with Crippen molar-refractivity contribution in [2.75, 3.05) is 19.6 Å². The van der Waals surface area contributed by atoms with E-state index in [0.717, 1.165) is 36.1 Å². The van der Waals surface area contributed by atoms with Crippen LogP contribution in [0.25, 0.3) is 0 Å². The molecule has 1 N–H and O–H groups in total. The van der Waals surface area contributed by atoms with Crippen molar-refractivity contribution in [1.82, 2.24) is 10.2 Å². The van der Waals surface area contributed by atoms with Crippen molar-refractivity contribution >= 4 is 34.2 Å². The molecule has 0 spiro atoms. The van der Waals surface area contributed by atoms with Gasteiger partial charge in [0.25, 0.3) is 0 Å². The zero-order chi connectivity index (χ0) is 13.2. The van der Waals surface area contributed by atoms with Gasteiger partial charge in [0.1, 0.15) is 0 Å². The predicted molar refractivity (Wildman–Crippen MR) is 86.2 cm³/mol. The van der Waals surface area contributed by atoms with E-state index < -0.39 is 0 Å². The number of carbonyl (C=O) groups excluding carboxylic acids is 1. The number of benzene rings is 1. The van der Waals surface area contributed by atoms with Crippen molar-refractivity contribution in [3.8, 4) is 0 Å². The lowest BCUT2D eigenvalue weighted by Crippen LogP contribution is -2.47. The number of nitrogens with one attached hydrogen (secondary N) is 1. The summed E-state index contributed by atoms with van der Waals surface area (Å²) in [6, 6.07) is 8.67. The van der Waals surface area contributed by atoms with Crippen molar-refractivity contribution in [3.05, 3.63) is 34.3 Å². The van der Waals surface area contributed by atoms with Crippen LogP contribution < -0.4 is 5.32 Å². The highest BCUT2D eigenvalue weighted by Crippen LogP contribution is 2.25. The quantitative estimate of drug-likeness (QED) is 0.880. The fourth-order valence-electron chi connectivity index (χ4n) is 3.21. The first kappa shape index (κ1) is 15.8. The number of hydrogen-bond acceptors (Lipinski definition) is 2. The predicted octanol–water partition coefficient (Wildman–Crippen LogP) is 2.62. The van der Waals surface area contributed by atoms with E-state index >= 15 is 0 Å². The number of nitrogens with zero attached hydrogens (tertiary/aromatic N) is 1. The van der Waals surface area contributed by atoms with E-state index in [1.165, 1.54) is 6.42 Å². The molecule has 20 heavy (non-hydrogen) atoms. The van der Waals surface area contributed by atoms with Crippen LogP contribution in [0.3, 0.4) is 0 Å². The molecule has 2 saturated heterocycles. The number of piperidine rings is 1. The number of halogens is 2. The molecule has 0 bridgehead atoms. The molecule has 2 atom stereocenters. The summed E-state index contributed by atoms with van der Waals surface area (Å²) in [5.41, 5.74) is 1.09. The van der Waals surface area contributed by atoms with Crippen molar-refractivity contribution in [2.24, 2.45) is 5.92 Å². The van der Waals surface area contributed by atoms with E-state index in [-0.39, 0.29) is 18.3 Å². The summed E-state index contributed by atoms with van der Waals surface area (Å²) >= 11 is 3.45. The van der Waals surface area contributed by atoms with E-state index in [4.69, 9.17) is 0 Å². The van der Waals surface area contributed by atoms with Crippen LogP contribution in [0.5, 0.6) is 0 Å². The van der Waals surface area contributed by atoms with Crippen LogP contribution in [0.2, 0.25) is 0 Å². The number of fused-ring (bicyclic) bond motifs is 1. The SMILES string of the molecule is Cl.O=C(Cc1cccc(Br)c1)N1CCC2NCCC2C1. The molecule has 2 fully saturated rings. The van der Waals surface area contributed by atoms with Crippen molar-refractivity contribution in [1.29, 1.82) is 0 Å². The average Bonchev–Trinajstić information content (AvgIpc) is 2.85. The summed E-state index contributed by atoms with van der Waals surface area (Å²) in [6.45, 7) is 2.95. The second-order valence-electron chi connectivity index (χ2n) is 5.54. The molecule has 0 saturated carbocycles. The van der Waals surface area contributed by atoms with Gasteiger partial charge in [0, 0.05) is 23.6 Å². The molecule has 0 radical (unpaired) electrons. The molecule has 2 heterocycles. The maximum atomic E-state index is 12.4. The summed E-state index contributed by atoms with van der Waals surface area (Å²) < 4.78 is 1.04. The third-order valence-corrected chi connectivity index (χ3v) is 4.75. The second-order valence-corrected chi connectivity index (χ2v) is 6.46. The fourth-order valence-corrected chi connectivity index (χ4v) is 3.65. The van der Waals surface area contributed by atoms with Crippen LogP contribution in [0.15, 0.2) is 28.7 Å². The van der Waals surface area contributed by atoms with Crippen molar-refractivity contribution < 1.29 is 4.79 Å². The molecule has 3 rings (SSSR count). The van der Waals surface area contributed by atoms with E-state index in [9.17, 15) is 4.79 Å². The van der Waals surface area contributed by atoms with E-state index in [0.29, 0.717) is 18.4 Å². The third-order valence-electron chi connectivity index (χ3n) is 4.25. The minimum Gasteiger partial charge on any atom is -0.342 e. The Balaban J connectivity index is 0.00000147. The highest BCUT2D eigenvalue weighted by molar-refractivity contribution is 9.10. The van der Waals surface area contributed by atoms with E-state index in [2.05, 4.69) is 26.1 Å². The van der Waals surface area contributed by atoms with Crippen molar-refractivity contribution in [3.63, 3.8) is 0 Å². The molecular formula is C15H20BrClN2O. The molecule has 1 aromatic carbocycles. The smallest absolute Gasteiger partial charge is 0.227 e. The van der Waals surface area contributed by atoms with Crippen LogP contribution in [0, 0.1) is 5.92 Å². The van der Waals surface area contributed by atoms with Crippen LogP contribution in [0.1, 0.15) is 18.4 Å². The number of likely N-dealkylation sites (tertiary alicyclic amines) is 1. The highest BCUT2D eigenvalue weighted by atomic mass is 79.9. The summed E-state index contributed by atoms with van der Waals surface area (Å²) in [7, 11) is 0. The van der Waals surface area contributed by atoms with Gasteiger partial charge in [0.05, 0.1) is 6.42 Å². The van der Waals surface area contributed by atoms with Gasteiger partial charge in [-0.2, -0.15) is 0 Å². The highest BCUT2D eigenvalue weighted by Gasteiger charge is 2.34. The summed E-state index contributed by atoms with van der Waals surface area (Å²) in [5, 5.41) is 3.53. The van der Waals surface area contributed by atoms with Crippen LogP contribution in [-0.2, 0) is 11.2 Å². The molecule has 110 valence electrons. The lowest BCUT2D eigenvalue weighted by atomic mass is 9.93. The minimum atomic E-state index is 0. The van der Waals surface area contributed by atoms with Crippen LogP contribution >= 0.6 is 28.3 Å². The van der Waals surface area contributed by atoms with Gasteiger partial charge in [-0.25, -0.2) is 0 Å². The summed E-state index contributed by atoms with van der Waals surface area (Å²) in [5.74, 6) is 0.934. The standard InChI is InChI=1S/C15H19BrN2O.ClH/c16-13-3-1-2-11(8-13)9-15(19)18-7-5-14-12(10-18)4-6-17-14;/h1-3,8,12,14,17H,4-7,9-10H2;1H. The Kier molecular flexibility index (Phi) is 5.47. The largest absolute Gasteiger partial charge is 0.342 e. The molecule has 1 aromatic rings. The molecule has 2 aliphatic rings. The molecule has 2 unspecified atom stereocenters. The molecule has 0 aromatic heterocycles. The number of amides is 1. The van der Waals surface area contributed by atoms with Gasteiger partial charge in [0.15, 0.2) is 0 Å². The number of rotatable bonds is 2. The van der Waals surface area contributed by atoms with Gasteiger partial charge in [-0.1, -0.05) is 28.1 Å². The average molecular weight is 360 g/mol. The molecule has 5 heteroatoms. The van der Waals surface area contributed by atoms with Gasteiger partial charge >= 0.3 is 0 Å².